The predicted octanol–water partition coefficient (Wildman–Crippen LogP) is 3.94. The van der Waals surface area contributed by atoms with Crippen molar-refractivity contribution in [3.63, 3.8) is 0 Å². The van der Waals surface area contributed by atoms with Crippen molar-refractivity contribution in [2.75, 3.05) is 31.6 Å². The first-order chi connectivity index (χ1) is 24.9. The maximum Gasteiger partial charge on any atom is 0.407 e. The van der Waals surface area contributed by atoms with Gasteiger partial charge in [0.2, 0.25) is 10.0 Å². The Morgan fingerprint density at radius 3 is 2.63 bits per heavy atom. The number of furan rings is 1. The van der Waals surface area contributed by atoms with E-state index in [2.05, 4.69) is 10.6 Å². The molecule has 5 atom stereocenters. The lowest BCUT2D eigenvalue weighted by atomic mass is 10.0. The number of rotatable bonds is 14. The van der Waals surface area contributed by atoms with Crippen LogP contribution >= 0.6 is 0 Å². The molecule has 52 heavy (non-hydrogen) atoms. The molecule has 0 saturated carbocycles. The number of esters is 1. The molecule has 3 aliphatic rings. The molecule has 4 heterocycles. The topological polar surface area (TPSA) is 183 Å². The summed E-state index contributed by atoms with van der Waals surface area (Å²) < 4.78 is 57.3. The van der Waals surface area contributed by atoms with Crippen LogP contribution in [0.3, 0.4) is 0 Å². The molecule has 3 aliphatic heterocycles. The van der Waals surface area contributed by atoms with Gasteiger partial charge in [-0.05, 0) is 60.7 Å². The van der Waals surface area contributed by atoms with Crippen molar-refractivity contribution in [3.05, 3.63) is 83.3 Å². The van der Waals surface area contributed by atoms with Crippen LogP contribution in [0.5, 0.6) is 0 Å². The Hall–Kier alpha value is -4.54. The van der Waals surface area contributed by atoms with Gasteiger partial charge in [-0.25, -0.2) is 13.2 Å². The SMILES string of the molecule is CC(=O)OCc1ccc(/C=C2\C(=O)Nc3ccc(S(=O)(=O)N(CC(C)C)CC(O)C(Cc4ccccc4)NC(=O)OC4COC5OCCC45)cc32)o1. The molecule has 0 radical (unpaired) electrons. The minimum absolute atomic E-state index is 0.0683. The van der Waals surface area contributed by atoms with Gasteiger partial charge < -0.3 is 39.1 Å². The molecule has 2 saturated heterocycles. The molecule has 6 rings (SSSR count). The van der Waals surface area contributed by atoms with E-state index >= 15 is 0 Å². The molecule has 2 fully saturated rings. The van der Waals surface area contributed by atoms with Crippen molar-refractivity contribution in [1.82, 2.24) is 9.62 Å². The van der Waals surface area contributed by atoms with Gasteiger partial charge in [-0.1, -0.05) is 44.2 Å². The molecular formula is C37H43N3O11S. The summed E-state index contributed by atoms with van der Waals surface area (Å²) in [7, 11) is -4.24. The second-order valence-corrected chi connectivity index (χ2v) is 15.4. The Kier molecular flexibility index (Phi) is 11.5. The molecule has 0 bridgehead atoms. The van der Waals surface area contributed by atoms with Gasteiger partial charge >= 0.3 is 12.1 Å². The molecule has 15 heteroatoms. The second kappa shape index (κ2) is 16.0. The molecule has 0 spiro atoms. The Balaban J connectivity index is 1.22. The van der Waals surface area contributed by atoms with Crippen LogP contribution in [-0.2, 0) is 51.6 Å². The fourth-order valence-electron chi connectivity index (χ4n) is 6.52. The van der Waals surface area contributed by atoms with E-state index in [1.807, 2.05) is 44.2 Å². The Morgan fingerprint density at radius 1 is 1.10 bits per heavy atom. The number of hydrogen-bond acceptors (Lipinski definition) is 11. The number of fused-ring (bicyclic) bond motifs is 2. The van der Waals surface area contributed by atoms with Crippen LogP contribution in [0, 0.1) is 11.8 Å². The number of aliphatic hydroxyl groups excluding tert-OH is 1. The van der Waals surface area contributed by atoms with E-state index in [1.165, 1.54) is 35.5 Å². The third-order valence-corrected chi connectivity index (χ3v) is 10.9. The normalized spacial score (nSPS) is 21.5. The fraction of sp³-hybridized carbons (Fsp3) is 0.432. The van der Waals surface area contributed by atoms with Crippen molar-refractivity contribution >= 4 is 45.3 Å². The number of hydrogen-bond donors (Lipinski definition) is 3. The summed E-state index contributed by atoms with van der Waals surface area (Å²) in [4.78, 5) is 37.3. The first kappa shape index (κ1) is 37.2. The highest BCUT2D eigenvalue weighted by atomic mass is 32.2. The second-order valence-electron chi connectivity index (χ2n) is 13.5. The Bertz CT molecular complexity index is 1910. The van der Waals surface area contributed by atoms with Gasteiger partial charge in [-0.3, -0.25) is 9.59 Å². The molecule has 2 amide bonds. The lowest BCUT2D eigenvalue weighted by Crippen LogP contribution is -2.51. The third kappa shape index (κ3) is 8.73. The number of sulfonamides is 1. The minimum Gasteiger partial charge on any atom is -0.458 e. The molecule has 2 aromatic carbocycles. The molecule has 3 N–H and O–H groups in total. The quantitative estimate of drug-likeness (QED) is 0.161. The number of nitrogens with one attached hydrogen (secondary N) is 2. The van der Waals surface area contributed by atoms with Crippen molar-refractivity contribution in [2.24, 2.45) is 11.8 Å². The third-order valence-electron chi connectivity index (χ3n) is 9.07. The molecule has 1 aromatic heterocycles. The van der Waals surface area contributed by atoms with Gasteiger partial charge in [-0.2, -0.15) is 4.31 Å². The van der Waals surface area contributed by atoms with Gasteiger partial charge in [-0.15, -0.1) is 0 Å². The van der Waals surface area contributed by atoms with Crippen LogP contribution in [0.25, 0.3) is 11.6 Å². The van der Waals surface area contributed by atoms with E-state index in [4.69, 9.17) is 23.4 Å². The largest absolute Gasteiger partial charge is 0.458 e. The van der Waals surface area contributed by atoms with Gasteiger partial charge in [0.1, 0.15) is 24.2 Å². The number of benzene rings is 2. The average Bonchev–Trinajstić information content (AvgIpc) is 3.90. The maximum absolute atomic E-state index is 14.3. The van der Waals surface area contributed by atoms with Crippen LogP contribution in [0.2, 0.25) is 0 Å². The van der Waals surface area contributed by atoms with E-state index in [9.17, 15) is 27.9 Å². The summed E-state index contributed by atoms with van der Waals surface area (Å²) in [5.74, 6) is -0.426. The zero-order valence-electron chi connectivity index (χ0n) is 29.1. The number of carbonyl (C=O) groups is 3. The first-order valence-electron chi connectivity index (χ1n) is 17.2. The van der Waals surface area contributed by atoms with E-state index in [1.54, 1.807) is 12.1 Å². The average molecular weight is 738 g/mol. The Labute approximate surface area is 302 Å². The monoisotopic (exact) mass is 737 g/mol. The number of aliphatic hydroxyl groups is 1. The zero-order valence-corrected chi connectivity index (χ0v) is 30.0. The van der Waals surface area contributed by atoms with Gasteiger partial charge in [0.15, 0.2) is 6.29 Å². The van der Waals surface area contributed by atoms with E-state index in [0.717, 1.165) is 5.56 Å². The van der Waals surface area contributed by atoms with Crippen LogP contribution in [0.15, 0.2) is 70.0 Å². The van der Waals surface area contributed by atoms with Crippen molar-refractivity contribution < 1.29 is 51.3 Å². The number of anilines is 1. The lowest BCUT2D eigenvalue weighted by Gasteiger charge is -2.31. The Morgan fingerprint density at radius 2 is 1.88 bits per heavy atom. The summed E-state index contributed by atoms with van der Waals surface area (Å²) in [6, 6.07) is 15.9. The van der Waals surface area contributed by atoms with Crippen molar-refractivity contribution in [2.45, 2.75) is 69.7 Å². The smallest absolute Gasteiger partial charge is 0.407 e. The molecule has 0 aliphatic carbocycles. The van der Waals surface area contributed by atoms with Crippen LogP contribution in [0.1, 0.15) is 49.8 Å². The number of nitrogens with zero attached hydrogens (tertiary/aromatic N) is 1. The van der Waals surface area contributed by atoms with Crippen molar-refractivity contribution in [3.8, 4) is 0 Å². The van der Waals surface area contributed by atoms with Crippen LogP contribution in [0.4, 0.5) is 10.5 Å². The number of ether oxygens (including phenoxy) is 4. The van der Waals surface area contributed by atoms with Crippen LogP contribution < -0.4 is 10.6 Å². The lowest BCUT2D eigenvalue weighted by molar-refractivity contribution is -0.142. The van der Waals surface area contributed by atoms with Gasteiger partial charge in [0, 0.05) is 31.3 Å². The minimum atomic E-state index is -4.24. The number of amides is 2. The predicted molar refractivity (Wildman–Crippen MR) is 188 cm³/mol. The zero-order chi connectivity index (χ0) is 37.0. The number of carbonyl (C=O) groups excluding carboxylic acids is 3. The molecular weight excluding hydrogens is 694 g/mol. The van der Waals surface area contributed by atoms with E-state index in [0.29, 0.717) is 35.8 Å². The van der Waals surface area contributed by atoms with Gasteiger partial charge in [0.05, 0.1) is 41.7 Å². The summed E-state index contributed by atoms with van der Waals surface area (Å²) in [5.41, 5.74) is 1.78. The highest BCUT2D eigenvalue weighted by Crippen LogP contribution is 2.36. The summed E-state index contributed by atoms with van der Waals surface area (Å²) >= 11 is 0. The van der Waals surface area contributed by atoms with E-state index in [-0.39, 0.29) is 55.0 Å². The summed E-state index contributed by atoms with van der Waals surface area (Å²) in [6.07, 6.45) is -0.598. The highest BCUT2D eigenvalue weighted by Gasteiger charge is 2.44. The summed E-state index contributed by atoms with van der Waals surface area (Å²) in [6.45, 7) is 5.38. The van der Waals surface area contributed by atoms with Gasteiger partial charge in [0.25, 0.3) is 5.91 Å². The van der Waals surface area contributed by atoms with E-state index < -0.39 is 52.5 Å². The molecule has 5 unspecified atom stereocenters. The van der Waals surface area contributed by atoms with Crippen molar-refractivity contribution in [1.29, 1.82) is 0 Å². The van der Waals surface area contributed by atoms with Crippen LogP contribution in [-0.4, -0.2) is 86.6 Å². The fourth-order valence-corrected chi connectivity index (χ4v) is 8.17. The summed E-state index contributed by atoms with van der Waals surface area (Å²) in [5, 5.41) is 17.2. The molecule has 3 aromatic rings. The first-order valence-corrected chi connectivity index (χ1v) is 18.6. The highest BCUT2D eigenvalue weighted by molar-refractivity contribution is 7.89. The standard InChI is InChI=1S/C37H43N3O11S/c1-22(2)18-40(19-33(42)32(15-24-7-5-4-6-8-24)39-37(44)51-34-21-49-36-28(34)13-14-47-36)52(45,46)27-11-12-31-29(17-27)30(35(43)38-31)16-25-9-10-26(50-25)20-48-23(3)41/h4-12,16-17,22,28,32-34,36,42H,13-15,18-21H2,1-3H3,(H,38,43)(H,39,44)/b30-16-. The maximum atomic E-state index is 14.3. The number of alkyl carbamates (subject to hydrolysis) is 1. The molecule has 14 nitrogen and oxygen atoms in total. The molecule has 278 valence electrons.